The molecule has 0 aliphatic carbocycles. The molecule has 0 amide bonds. The van der Waals surface area contributed by atoms with Gasteiger partial charge in [-0.15, -0.1) is 0 Å². The molecule has 0 bridgehead atoms. The van der Waals surface area contributed by atoms with Crippen LogP contribution in [0.25, 0.3) is 11.0 Å². The Balaban J connectivity index is 0.000000125. The zero-order valence-corrected chi connectivity index (χ0v) is 8.67. The van der Waals surface area contributed by atoms with Crippen LogP contribution in [0.4, 0.5) is 5.69 Å². The molecule has 0 aliphatic heterocycles. The van der Waals surface area contributed by atoms with Gasteiger partial charge in [0.1, 0.15) is 11.0 Å². The Hall–Kier alpha value is -2.36. The Labute approximate surface area is 93.1 Å². The molecule has 1 aromatic heterocycles. The number of nitrogens with two attached hydrogens (primary N) is 1. The molecule has 2 aromatic carbocycles. The van der Waals surface area contributed by atoms with Gasteiger partial charge >= 0.3 is 0 Å². The molecule has 3 rings (SSSR count). The molecule has 3 aromatic rings. The fourth-order valence-electron chi connectivity index (χ4n) is 1.24. The van der Waals surface area contributed by atoms with E-state index in [1.807, 2.05) is 54.6 Å². The number of hydrogen-bond acceptors (Lipinski definition) is 3. The molecule has 1 heterocycles. The van der Waals surface area contributed by atoms with Crippen LogP contribution in [0.3, 0.4) is 0 Å². The molecule has 0 radical (unpaired) electrons. The number of fused-ring (bicyclic) bond motifs is 1. The van der Waals surface area contributed by atoms with Gasteiger partial charge in [-0.1, -0.05) is 30.3 Å². The van der Waals surface area contributed by atoms with Crippen LogP contribution in [0, 0.1) is 0 Å². The minimum absolute atomic E-state index is 0.822. The maximum absolute atomic E-state index is 5.36. The van der Waals surface area contributed by atoms with Gasteiger partial charge in [0.05, 0.1) is 0 Å². The predicted octanol–water partition coefficient (Wildman–Crippen LogP) is 2.23. The Bertz CT molecular complexity index is 515. The van der Waals surface area contributed by atoms with Gasteiger partial charge in [0, 0.05) is 5.69 Å². The summed E-state index contributed by atoms with van der Waals surface area (Å²) in [6.07, 6.45) is 0. The lowest BCUT2D eigenvalue weighted by molar-refractivity contribution is 0.959. The number of nitrogen functional groups attached to an aromatic ring is 1. The van der Waals surface area contributed by atoms with Crippen molar-refractivity contribution in [3.8, 4) is 0 Å². The molecule has 3 N–H and O–H groups in total. The highest BCUT2D eigenvalue weighted by Gasteiger charge is 1.90. The highest BCUT2D eigenvalue weighted by molar-refractivity contribution is 5.72. The van der Waals surface area contributed by atoms with E-state index in [1.54, 1.807) is 0 Å². The van der Waals surface area contributed by atoms with E-state index in [2.05, 4.69) is 15.4 Å². The standard InChI is InChI=1S/C6H5N3.C6H7N/c1-2-4-6-5(3-1)7-9-8-6;7-6-4-2-1-3-5-6/h1-4H,(H,7,8,9);1-5H,7H2. The van der Waals surface area contributed by atoms with Gasteiger partial charge in [0.15, 0.2) is 0 Å². The second kappa shape index (κ2) is 4.93. The molecule has 4 heteroatoms. The summed E-state index contributed by atoms with van der Waals surface area (Å²) >= 11 is 0. The Kier molecular flexibility index (Phi) is 3.13. The van der Waals surface area contributed by atoms with Crippen molar-refractivity contribution in [1.82, 2.24) is 15.4 Å². The average Bonchev–Trinajstić information content (AvgIpc) is 2.79. The third kappa shape index (κ3) is 2.57. The lowest BCUT2D eigenvalue weighted by Gasteiger charge is -1.83. The Morgan fingerprint density at radius 2 is 1.25 bits per heavy atom. The number of nitrogens with one attached hydrogen (secondary N) is 1. The van der Waals surface area contributed by atoms with Gasteiger partial charge in [0.25, 0.3) is 0 Å². The molecule has 0 saturated carbocycles. The van der Waals surface area contributed by atoms with Crippen molar-refractivity contribution in [2.45, 2.75) is 0 Å². The minimum Gasteiger partial charge on any atom is -0.399 e. The Morgan fingerprint density at radius 3 is 1.69 bits per heavy atom. The van der Waals surface area contributed by atoms with Crippen molar-refractivity contribution in [2.24, 2.45) is 0 Å². The maximum atomic E-state index is 5.36. The summed E-state index contributed by atoms with van der Waals surface area (Å²) in [5.41, 5.74) is 8.01. The van der Waals surface area contributed by atoms with Crippen LogP contribution >= 0.6 is 0 Å². The Morgan fingerprint density at radius 1 is 0.750 bits per heavy atom. The number of H-pyrrole nitrogens is 1. The number of rotatable bonds is 0. The van der Waals surface area contributed by atoms with E-state index in [-0.39, 0.29) is 0 Å². The van der Waals surface area contributed by atoms with E-state index in [4.69, 9.17) is 5.73 Å². The minimum atomic E-state index is 0.822. The number of anilines is 1. The lowest BCUT2D eigenvalue weighted by Crippen LogP contribution is -1.79. The summed E-state index contributed by atoms with van der Waals surface area (Å²) in [4.78, 5) is 0. The molecule has 4 nitrogen and oxygen atoms in total. The van der Waals surface area contributed by atoms with Crippen molar-refractivity contribution in [2.75, 3.05) is 5.73 Å². The zero-order valence-electron chi connectivity index (χ0n) is 8.67. The maximum Gasteiger partial charge on any atom is 0.112 e. The largest absolute Gasteiger partial charge is 0.399 e. The summed E-state index contributed by atoms with van der Waals surface area (Å²) < 4.78 is 0. The number of aromatic amines is 1. The first-order valence-electron chi connectivity index (χ1n) is 4.92. The number of aromatic nitrogens is 3. The third-order valence-corrected chi connectivity index (χ3v) is 2.02. The number of para-hydroxylation sites is 3. The van der Waals surface area contributed by atoms with Crippen LogP contribution in [0.1, 0.15) is 0 Å². The first-order valence-corrected chi connectivity index (χ1v) is 4.92. The van der Waals surface area contributed by atoms with Crippen molar-refractivity contribution in [3.63, 3.8) is 0 Å². The van der Waals surface area contributed by atoms with Crippen LogP contribution in [0.2, 0.25) is 0 Å². The highest BCUT2D eigenvalue weighted by Crippen LogP contribution is 2.03. The molecular formula is C12H12N4. The van der Waals surface area contributed by atoms with Crippen molar-refractivity contribution in [1.29, 1.82) is 0 Å². The summed E-state index contributed by atoms with van der Waals surface area (Å²) in [5.74, 6) is 0. The predicted molar refractivity (Wildman–Crippen MR) is 64.7 cm³/mol. The molecule has 0 saturated heterocycles. The van der Waals surface area contributed by atoms with E-state index in [1.165, 1.54) is 0 Å². The smallest absolute Gasteiger partial charge is 0.112 e. The molecule has 16 heavy (non-hydrogen) atoms. The first kappa shape index (κ1) is 10.2. The summed E-state index contributed by atoms with van der Waals surface area (Å²) in [6, 6.07) is 17.2. The summed E-state index contributed by atoms with van der Waals surface area (Å²) in [6.45, 7) is 0. The van der Waals surface area contributed by atoms with Crippen molar-refractivity contribution >= 4 is 16.7 Å². The van der Waals surface area contributed by atoms with Crippen LogP contribution in [-0.4, -0.2) is 15.4 Å². The van der Waals surface area contributed by atoms with Gasteiger partial charge in [-0.3, -0.25) is 0 Å². The fourth-order valence-corrected chi connectivity index (χ4v) is 1.24. The first-order chi connectivity index (χ1) is 7.86. The van der Waals surface area contributed by atoms with Crippen LogP contribution in [0.15, 0.2) is 54.6 Å². The molecule has 80 valence electrons. The second-order valence-electron chi connectivity index (χ2n) is 3.22. The van der Waals surface area contributed by atoms with E-state index in [9.17, 15) is 0 Å². The van der Waals surface area contributed by atoms with E-state index in [0.717, 1.165) is 16.7 Å². The van der Waals surface area contributed by atoms with Crippen molar-refractivity contribution < 1.29 is 0 Å². The number of nitrogens with zero attached hydrogens (tertiary/aromatic N) is 2. The highest BCUT2D eigenvalue weighted by atomic mass is 15.3. The van der Waals surface area contributed by atoms with E-state index in [0.29, 0.717) is 0 Å². The third-order valence-electron chi connectivity index (χ3n) is 2.02. The van der Waals surface area contributed by atoms with E-state index < -0.39 is 0 Å². The zero-order chi connectivity index (χ0) is 11.2. The van der Waals surface area contributed by atoms with Gasteiger partial charge < -0.3 is 5.73 Å². The van der Waals surface area contributed by atoms with Gasteiger partial charge in [-0.05, 0) is 24.3 Å². The van der Waals surface area contributed by atoms with Crippen LogP contribution < -0.4 is 5.73 Å². The van der Waals surface area contributed by atoms with E-state index >= 15 is 0 Å². The SMILES string of the molecule is Nc1ccccc1.c1ccc2n[nH]nc2c1. The molecule has 0 fully saturated rings. The molecule has 0 unspecified atom stereocenters. The average molecular weight is 212 g/mol. The van der Waals surface area contributed by atoms with Crippen LogP contribution in [-0.2, 0) is 0 Å². The second-order valence-corrected chi connectivity index (χ2v) is 3.22. The van der Waals surface area contributed by atoms with Crippen molar-refractivity contribution in [3.05, 3.63) is 54.6 Å². The summed E-state index contributed by atoms with van der Waals surface area (Å²) in [7, 11) is 0. The molecule has 0 spiro atoms. The molecular weight excluding hydrogens is 200 g/mol. The van der Waals surface area contributed by atoms with Gasteiger partial charge in [-0.2, -0.15) is 15.4 Å². The van der Waals surface area contributed by atoms with Gasteiger partial charge in [-0.25, -0.2) is 0 Å². The topological polar surface area (TPSA) is 67.6 Å². The molecule has 0 aliphatic rings. The normalized spacial score (nSPS) is 9.50. The van der Waals surface area contributed by atoms with Gasteiger partial charge in [0.2, 0.25) is 0 Å². The number of benzene rings is 2. The molecule has 0 atom stereocenters. The fraction of sp³-hybridized carbons (Fsp3) is 0. The lowest BCUT2D eigenvalue weighted by atomic mass is 10.3. The number of hydrogen-bond donors (Lipinski definition) is 2. The summed E-state index contributed by atoms with van der Waals surface area (Å²) in [5, 5.41) is 10.3. The van der Waals surface area contributed by atoms with Crippen LogP contribution in [0.5, 0.6) is 0 Å². The monoisotopic (exact) mass is 212 g/mol. The quantitative estimate of drug-likeness (QED) is 0.561.